The average molecular weight is 256 g/mol. The van der Waals surface area contributed by atoms with Crippen LogP contribution in [0.15, 0.2) is 22.7 Å². The Kier molecular flexibility index (Phi) is 2.56. The first-order chi connectivity index (χ1) is 6.72. The molecule has 3 nitrogen and oxygen atoms in total. The number of amides is 1. The molecule has 1 heterocycles. The molecule has 1 amide bonds. The van der Waals surface area contributed by atoms with Crippen LogP contribution < -0.4 is 5.32 Å². The van der Waals surface area contributed by atoms with E-state index in [-0.39, 0.29) is 11.9 Å². The predicted octanol–water partition coefficient (Wildman–Crippen LogP) is 1.88. The lowest BCUT2D eigenvalue weighted by atomic mass is 10.1. The normalized spacial score (nSPS) is 19.3. The lowest BCUT2D eigenvalue weighted by Gasteiger charge is -2.09. The van der Waals surface area contributed by atoms with Gasteiger partial charge in [-0.15, -0.1) is 0 Å². The smallest absolute Gasteiger partial charge is 0.252 e. The molecule has 0 bridgehead atoms. The van der Waals surface area contributed by atoms with Crippen LogP contribution in [0.1, 0.15) is 22.0 Å². The summed E-state index contributed by atoms with van der Waals surface area (Å²) in [4.78, 5) is 11.5. The van der Waals surface area contributed by atoms with Gasteiger partial charge in [0.15, 0.2) is 0 Å². The van der Waals surface area contributed by atoms with Crippen LogP contribution in [0, 0.1) is 0 Å². The van der Waals surface area contributed by atoms with E-state index in [4.69, 9.17) is 4.74 Å². The van der Waals surface area contributed by atoms with Crippen molar-refractivity contribution >= 4 is 21.8 Å². The summed E-state index contributed by atoms with van der Waals surface area (Å²) in [5.74, 6) is -0.0189. The van der Waals surface area contributed by atoms with Gasteiger partial charge < -0.3 is 10.1 Å². The van der Waals surface area contributed by atoms with Crippen LogP contribution in [0.25, 0.3) is 0 Å². The van der Waals surface area contributed by atoms with E-state index in [1.165, 1.54) is 0 Å². The Morgan fingerprint density at radius 2 is 2.36 bits per heavy atom. The highest BCUT2D eigenvalue weighted by Crippen LogP contribution is 2.28. The molecule has 1 N–H and O–H groups in total. The molecule has 0 radical (unpaired) electrons. The third-order valence-electron chi connectivity index (χ3n) is 2.27. The SMILES string of the molecule is COCC1NC(=O)c2ccc(Br)cc21. The van der Waals surface area contributed by atoms with Crippen molar-refractivity contribution in [3.05, 3.63) is 33.8 Å². The maximum Gasteiger partial charge on any atom is 0.252 e. The number of benzene rings is 1. The predicted molar refractivity (Wildman–Crippen MR) is 56.2 cm³/mol. The molecule has 1 aromatic carbocycles. The number of hydrogen-bond acceptors (Lipinski definition) is 2. The van der Waals surface area contributed by atoms with Crippen molar-refractivity contribution in [1.29, 1.82) is 0 Å². The standard InChI is InChI=1S/C10H10BrNO2/c1-14-5-9-8-4-6(11)2-3-7(8)10(13)12-9/h2-4,9H,5H2,1H3,(H,12,13). The van der Waals surface area contributed by atoms with Crippen molar-refractivity contribution in [2.24, 2.45) is 0 Å². The van der Waals surface area contributed by atoms with Gasteiger partial charge in [-0.25, -0.2) is 0 Å². The molecule has 1 atom stereocenters. The number of fused-ring (bicyclic) bond motifs is 1. The van der Waals surface area contributed by atoms with Crippen molar-refractivity contribution in [1.82, 2.24) is 5.32 Å². The fraction of sp³-hybridized carbons (Fsp3) is 0.300. The molecular weight excluding hydrogens is 246 g/mol. The highest BCUT2D eigenvalue weighted by molar-refractivity contribution is 9.10. The Balaban J connectivity index is 2.40. The van der Waals surface area contributed by atoms with Gasteiger partial charge in [0.1, 0.15) is 0 Å². The molecule has 0 saturated heterocycles. The fourth-order valence-corrected chi connectivity index (χ4v) is 2.02. The Morgan fingerprint density at radius 1 is 1.57 bits per heavy atom. The molecule has 1 unspecified atom stereocenters. The molecule has 0 saturated carbocycles. The second-order valence-electron chi connectivity index (χ2n) is 3.21. The van der Waals surface area contributed by atoms with Crippen LogP contribution in [-0.4, -0.2) is 19.6 Å². The van der Waals surface area contributed by atoms with Gasteiger partial charge in [0.05, 0.1) is 12.6 Å². The first kappa shape index (κ1) is 9.68. The van der Waals surface area contributed by atoms with Gasteiger partial charge in [-0.3, -0.25) is 4.79 Å². The molecular formula is C10H10BrNO2. The van der Waals surface area contributed by atoms with Gasteiger partial charge in [-0.05, 0) is 23.8 Å². The Labute approximate surface area is 90.6 Å². The molecule has 1 aliphatic heterocycles. The van der Waals surface area contributed by atoms with Gasteiger partial charge in [0.25, 0.3) is 5.91 Å². The monoisotopic (exact) mass is 255 g/mol. The summed E-state index contributed by atoms with van der Waals surface area (Å²) < 4.78 is 6.02. The number of carbonyl (C=O) groups is 1. The number of carbonyl (C=O) groups excluding carboxylic acids is 1. The van der Waals surface area contributed by atoms with Gasteiger partial charge in [0, 0.05) is 17.1 Å². The molecule has 0 spiro atoms. The summed E-state index contributed by atoms with van der Waals surface area (Å²) in [5.41, 5.74) is 1.75. The quantitative estimate of drug-likeness (QED) is 0.877. The van der Waals surface area contributed by atoms with E-state index in [1.807, 2.05) is 18.2 Å². The highest BCUT2D eigenvalue weighted by atomic mass is 79.9. The molecule has 1 aliphatic rings. The zero-order chi connectivity index (χ0) is 10.1. The summed E-state index contributed by atoms with van der Waals surface area (Å²) in [6.07, 6.45) is 0. The summed E-state index contributed by atoms with van der Waals surface area (Å²) in [6, 6.07) is 5.63. The minimum atomic E-state index is -0.0189. The molecule has 0 fully saturated rings. The largest absolute Gasteiger partial charge is 0.382 e. The molecule has 14 heavy (non-hydrogen) atoms. The lowest BCUT2D eigenvalue weighted by Crippen LogP contribution is -2.22. The van der Waals surface area contributed by atoms with E-state index in [0.717, 1.165) is 15.6 Å². The molecule has 0 aliphatic carbocycles. The number of methoxy groups -OCH3 is 1. The van der Waals surface area contributed by atoms with Crippen LogP contribution in [0.4, 0.5) is 0 Å². The summed E-state index contributed by atoms with van der Waals surface area (Å²) >= 11 is 3.38. The van der Waals surface area contributed by atoms with Gasteiger partial charge in [0.2, 0.25) is 0 Å². The van der Waals surface area contributed by atoms with Crippen LogP contribution in [0.3, 0.4) is 0 Å². The van der Waals surface area contributed by atoms with E-state index in [9.17, 15) is 4.79 Å². The van der Waals surface area contributed by atoms with Crippen LogP contribution in [-0.2, 0) is 4.74 Å². The number of rotatable bonds is 2. The third-order valence-corrected chi connectivity index (χ3v) is 2.77. The van der Waals surface area contributed by atoms with E-state index in [0.29, 0.717) is 6.61 Å². The van der Waals surface area contributed by atoms with Gasteiger partial charge in [-0.1, -0.05) is 15.9 Å². The van der Waals surface area contributed by atoms with Gasteiger partial charge in [-0.2, -0.15) is 0 Å². The van der Waals surface area contributed by atoms with Crippen molar-refractivity contribution in [2.45, 2.75) is 6.04 Å². The zero-order valence-electron chi connectivity index (χ0n) is 7.71. The minimum Gasteiger partial charge on any atom is -0.382 e. The summed E-state index contributed by atoms with van der Waals surface area (Å²) in [6.45, 7) is 0.509. The van der Waals surface area contributed by atoms with Crippen molar-refractivity contribution in [3.8, 4) is 0 Å². The van der Waals surface area contributed by atoms with Crippen LogP contribution in [0.5, 0.6) is 0 Å². The minimum absolute atomic E-state index is 0.0139. The van der Waals surface area contributed by atoms with Crippen molar-refractivity contribution in [2.75, 3.05) is 13.7 Å². The Bertz CT molecular complexity index is 378. The lowest BCUT2D eigenvalue weighted by molar-refractivity contribution is 0.0928. The average Bonchev–Trinajstić information content (AvgIpc) is 2.44. The first-order valence-electron chi connectivity index (χ1n) is 4.31. The number of ether oxygens (including phenoxy) is 1. The third kappa shape index (κ3) is 1.55. The molecule has 0 aromatic heterocycles. The topological polar surface area (TPSA) is 38.3 Å². The molecule has 2 rings (SSSR count). The van der Waals surface area contributed by atoms with Crippen molar-refractivity contribution < 1.29 is 9.53 Å². The van der Waals surface area contributed by atoms with E-state index >= 15 is 0 Å². The summed E-state index contributed by atoms with van der Waals surface area (Å²) in [5, 5.41) is 2.86. The number of nitrogens with one attached hydrogen (secondary N) is 1. The second-order valence-corrected chi connectivity index (χ2v) is 4.13. The maximum atomic E-state index is 11.5. The zero-order valence-corrected chi connectivity index (χ0v) is 9.30. The van der Waals surface area contributed by atoms with E-state index in [1.54, 1.807) is 7.11 Å². The number of hydrogen-bond donors (Lipinski definition) is 1. The van der Waals surface area contributed by atoms with E-state index in [2.05, 4.69) is 21.2 Å². The van der Waals surface area contributed by atoms with Crippen LogP contribution >= 0.6 is 15.9 Å². The number of halogens is 1. The van der Waals surface area contributed by atoms with Crippen LogP contribution in [0.2, 0.25) is 0 Å². The Morgan fingerprint density at radius 3 is 3.07 bits per heavy atom. The fourth-order valence-electron chi connectivity index (χ4n) is 1.64. The van der Waals surface area contributed by atoms with Gasteiger partial charge >= 0.3 is 0 Å². The maximum absolute atomic E-state index is 11.5. The Hall–Kier alpha value is -0.870. The highest BCUT2D eigenvalue weighted by Gasteiger charge is 2.28. The first-order valence-corrected chi connectivity index (χ1v) is 5.11. The van der Waals surface area contributed by atoms with E-state index < -0.39 is 0 Å². The van der Waals surface area contributed by atoms with Crippen molar-refractivity contribution in [3.63, 3.8) is 0 Å². The molecule has 1 aromatic rings. The molecule has 74 valence electrons. The second kappa shape index (κ2) is 3.71. The summed E-state index contributed by atoms with van der Waals surface area (Å²) in [7, 11) is 1.63. The molecule has 4 heteroatoms.